The molecular formula is C35H38FNO7. The van der Waals surface area contributed by atoms with Crippen molar-refractivity contribution in [3.63, 3.8) is 0 Å². The number of allylic oxidation sites excluding steroid dienone is 3. The number of alkyl halides is 1. The van der Waals surface area contributed by atoms with Gasteiger partial charge in [-0.05, 0) is 79.5 Å². The number of carbonyl (C=O) groups excluding carboxylic acids is 2. The van der Waals surface area contributed by atoms with Gasteiger partial charge in [0.2, 0.25) is 0 Å². The first kappa shape index (κ1) is 29.5. The van der Waals surface area contributed by atoms with E-state index in [0.717, 1.165) is 11.1 Å². The molecule has 0 radical (unpaired) electrons. The number of aliphatic hydroxyl groups excluding tert-OH is 3. The zero-order chi connectivity index (χ0) is 31.2. The van der Waals surface area contributed by atoms with Crippen LogP contribution < -0.4 is 5.73 Å². The number of ether oxygens (including phenoxy) is 2. The van der Waals surface area contributed by atoms with Crippen LogP contribution in [0.4, 0.5) is 10.1 Å². The number of hydrogen-bond acceptors (Lipinski definition) is 8. The van der Waals surface area contributed by atoms with Gasteiger partial charge in [0.15, 0.2) is 29.1 Å². The number of nitrogens with two attached hydrogens (primary N) is 1. The molecule has 0 aromatic heterocycles. The highest BCUT2D eigenvalue weighted by molar-refractivity contribution is 6.01. The Morgan fingerprint density at radius 1 is 1.07 bits per heavy atom. The number of fused-ring (bicyclic) bond motifs is 7. The lowest BCUT2D eigenvalue weighted by atomic mass is 9.44. The van der Waals surface area contributed by atoms with Crippen molar-refractivity contribution in [2.75, 3.05) is 12.3 Å². The lowest BCUT2D eigenvalue weighted by molar-refractivity contribution is -0.237. The van der Waals surface area contributed by atoms with Gasteiger partial charge in [0.1, 0.15) is 6.61 Å². The molecule has 5 N–H and O–H groups in total. The number of aliphatic hydroxyl groups is 3. The number of halogens is 1. The number of nitrogen functional groups attached to an aromatic ring is 1. The standard InChI is InChI=1S/C35H38FNO7/c1-32-11-10-23(39)14-26(32)27(40)15-25-24-16-30-35(29(42)18-38,33(24,2)17-28(41)34(25,32)36)44-31(43-30)21-8-6-19(7-9-21)12-20-4-3-5-22(37)13-20/h3-11,13-14,24-25,27-28,30-31,38,40-41H,12,15-18,37H2,1-2H3/t24-,25-,27+,28-,30+,31+,32-,33-,34-,35+/m0/s1. The Hall–Kier alpha value is -3.21. The summed E-state index contributed by atoms with van der Waals surface area (Å²) in [6, 6.07) is 15.4. The molecular weight excluding hydrogens is 565 g/mol. The lowest BCUT2D eigenvalue weighted by Crippen LogP contribution is -2.71. The molecule has 1 aliphatic heterocycles. The van der Waals surface area contributed by atoms with E-state index in [-0.39, 0.29) is 30.6 Å². The van der Waals surface area contributed by atoms with Crippen LogP contribution in [-0.4, -0.2) is 63.1 Å². The predicted molar refractivity (Wildman–Crippen MR) is 159 cm³/mol. The zero-order valence-electron chi connectivity index (χ0n) is 24.8. The summed E-state index contributed by atoms with van der Waals surface area (Å²) in [7, 11) is 0. The maximum atomic E-state index is 17.6. The Balaban J connectivity index is 1.21. The van der Waals surface area contributed by atoms with E-state index in [0.29, 0.717) is 17.7 Å². The van der Waals surface area contributed by atoms with Gasteiger partial charge < -0.3 is 30.5 Å². The molecule has 0 bridgehead atoms. The van der Waals surface area contributed by atoms with Gasteiger partial charge in [0.05, 0.1) is 18.3 Å². The predicted octanol–water partition coefficient (Wildman–Crippen LogP) is 3.53. The van der Waals surface area contributed by atoms with E-state index in [9.17, 15) is 24.9 Å². The van der Waals surface area contributed by atoms with E-state index >= 15 is 4.39 Å². The van der Waals surface area contributed by atoms with Crippen LogP contribution in [0.2, 0.25) is 0 Å². The Morgan fingerprint density at radius 3 is 2.52 bits per heavy atom. The van der Waals surface area contributed by atoms with E-state index in [1.165, 1.54) is 18.2 Å². The van der Waals surface area contributed by atoms with Crippen molar-refractivity contribution in [3.8, 4) is 0 Å². The van der Waals surface area contributed by atoms with E-state index in [4.69, 9.17) is 15.2 Å². The molecule has 4 aliphatic carbocycles. The lowest BCUT2D eigenvalue weighted by Gasteiger charge is -2.63. The van der Waals surface area contributed by atoms with Crippen LogP contribution in [0.25, 0.3) is 0 Å². The zero-order valence-corrected chi connectivity index (χ0v) is 24.8. The number of ketones is 2. The van der Waals surface area contributed by atoms with E-state index < -0.39 is 70.9 Å². The van der Waals surface area contributed by atoms with Gasteiger partial charge in [-0.2, -0.15) is 0 Å². The molecule has 1 saturated heterocycles. The number of rotatable bonds is 5. The van der Waals surface area contributed by atoms with Crippen LogP contribution in [-0.2, 0) is 25.5 Å². The molecule has 0 unspecified atom stereocenters. The first-order valence-corrected chi connectivity index (χ1v) is 15.3. The monoisotopic (exact) mass is 603 g/mol. The van der Waals surface area contributed by atoms with Gasteiger partial charge in [0.25, 0.3) is 0 Å². The first-order chi connectivity index (χ1) is 20.9. The van der Waals surface area contributed by atoms with Crippen molar-refractivity contribution in [2.24, 2.45) is 22.7 Å². The SMILES string of the molecule is C[C@]12C=CC(=O)C=C1[C@H](O)C[C@H]1[C@@H]3C[C@H]4O[C@@H](c5ccc(Cc6cccc(N)c6)cc5)O[C@@]4(C(=O)CO)[C@@]3(C)C[C@H](O)[C@@]12F. The Kier molecular flexibility index (Phi) is 6.63. The average Bonchev–Trinajstić information content (AvgIpc) is 3.49. The molecule has 5 aliphatic rings. The first-order valence-electron chi connectivity index (χ1n) is 15.3. The smallest absolute Gasteiger partial charge is 0.193 e. The summed E-state index contributed by atoms with van der Waals surface area (Å²) in [4.78, 5) is 25.9. The third-order valence-electron chi connectivity index (χ3n) is 11.6. The maximum absolute atomic E-state index is 17.6. The summed E-state index contributed by atoms with van der Waals surface area (Å²) in [6.07, 6.45) is 0.490. The molecule has 1 heterocycles. The molecule has 2 aromatic carbocycles. The second-order valence-electron chi connectivity index (χ2n) is 13.7. The fourth-order valence-electron chi connectivity index (χ4n) is 9.49. The highest BCUT2D eigenvalue weighted by Gasteiger charge is 2.79. The van der Waals surface area contributed by atoms with Gasteiger partial charge in [0, 0.05) is 28.0 Å². The summed E-state index contributed by atoms with van der Waals surface area (Å²) in [6.45, 7) is 2.63. The molecule has 10 atom stereocenters. The highest BCUT2D eigenvalue weighted by Crippen LogP contribution is 2.72. The molecule has 9 heteroatoms. The molecule has 8 nitrogen and oxygen atoms in total. The van der Waals surface area contributed by atoms with Crippen molar-refractivity contribution in [1.29, 1.82) is 0 Å². The molecule has 4 fully saturated rings. The minimum atomic E-state index is -2.21. The summed E-state index contributed by atoms with van der Waals surface area (Å²) in [5.74, 6) is -2.28. The molecule has 232 valence electrons. The van der Waals surface area contributed by atoms with Crippen molar-refractivity contribution >= 4 is 17.3 Å². The second kappa shape index (κ2) is 9.89. The van der Waals surface area contributed by atoms with Crippen LogP contribution in [0.15, 0.2) is 72.3 Å². The molecule has 0 spiro atoms. The normalized spacial score (nSPS) is 42.2. The van der Waals surface area contributed by atoms with Crippen LogP contribution in [0.5, 0.6) is 0 Å². The molecule has 0 amide bonds. The van der Waals surface area contributed by atoms with Crippen molar-refractivity contribution in [1.82, 2.24) is 0 Å². The Bertz CT molecular complexity index is 1590. The van der Waals surface area contributed by atoms with E-state index in [2.05, 4.69) is 0 Å². The number of benzene rings is 2. The maximum Gasteiger partial charge on any atom is 0.193 e. The van der Waals surface area contributed by atoms with Crippen LogP contribution in [0.1, 0.15) is 56.1 Å². The summed E-state index contributed by atoms with van der Waals surface area (Å²) < 4.78 is 30.6. The van der Waals surface area contributed by atoms with Crippen LogP contribution >= 0.6 is 0 Å². The molecule has 3 saturated carbocycles. The van der Waals surface area contributed by atoms with Gasteiger partial charge in [-0.15, -0.1) is 0 Å². The summed E-state index contributed by atoms with van der Waals surface area (Å²) >= 11 is 0. The van der Waals surface area contributed by atoms with Crippen molar-refractivity contribution in [3.05, 3.63) is 89.0 Å². The molecule has 7 rings (SSSR count). The van der Waals surface area contributed by atoms with Gasteiger partial charge in [-0.1, -0.05) is 49.4 Å². The topological polar surface area (TPSA) is 139 Å². The van der Waals surface area contributed by atoms with E-state index in [1.54, 1.807) is 6.92 Å². The molecule has 2 aromatic rings. The third-order valence-corrected chi connectivity index (χ3v) is 11.6. The Morgan fingerprint density at radius 2 is 1.82 bits per heavy atom. The largest absolute Gasteiger partial charge is 0.399 e. The van der Waals surface area contributed by atoms with Crippen molar-refractivity contribution < 1.29 is 38.8 Å². The van der Waals surface area contributed by atoms with Gasteiger partial charge in [-0.25, -0.2) is 4.39 Å². The van der Waals surface area contributed by atoms with Crippen LogP contribution in [0, 0.1) is 22.7 Å². The summed E-state index contributed by atoms with van der Waals surface area (Å²) in [5.41, 5.74) is 3.36. The average molecular weight is 604 g/mol. The van der Waals surface area contributed by atoms with Gasteiger partial charge in [-0.3, -0.25) is 9.59 Å². The fraction of sp³-hybridized carbons (Fsp3) is 0.486. The van der Waals surface area contributed by atoms with Crippen molar-refractivity contribution in [2.45, 2.75) is 75.4 Å². The Labute approximate surface area is 255 Å². The number of hydrogen-bond donors (Lipinski definition) is 4. The number of carbonyl (C=O) groups is 2. The minimum Gasteiger partial charge on any atom is -0.399 e. The molecule has 44 heavy (non-hydrogen) atoms. The number of Topliss-reactive ketones (excluding diaryl/α,β-unsaturated/α-hetero) is 1. The third kappa shape index (κ3) is 3.80. The van der Waals surface area contributed by atoms with Gasteiger partial charge >= 0.3 is 0 Å². The van der Waals surface area contributed by atoms with Crippen LogP contribution in [0.3, 0.4) is 0 Å². The number of anilines is 1. The summed E-state index contributed by atoms with van der Waals surface area (Å²) in [5, 5.41) is 33.1. The second-order valence-corrected chi connectivity index (χ2v) is 13.7. The highest BCUT2D eigenvalue weighted by atomic mass is 19.1. The quantitative estimate of drug-likeness (QED) is 0.381. The van der Waals surface area contributed by atoms with E-state index in [1.807, 2.05) is 55.5 Å². The minimum absolute atomic E-state index is 0.0234. The fourth-order valence-corrected chi connectivity index (χ4v) is 9.49.